The molecule has 0 amide bonds. The first-order chi connectivity index (χ1) is 27.5. The summed E-state index contributed by atoms with van der Waals surface area (Å²) in [5.74, 6) is 0. The summed E-state index contributed by atoms with van der Waals surface area (Å²) < 4.78 is 0. The fraction of sp³-hybridized carbons (Fsp3) is 0.222. The highest BCUT2D eigenvalue weighted by Gasteiger charge is 2.38. The van der Waals surface area contributed by atoms with E-state index in [1.165, 1.54) is 64.0 Å². The lowest BCUT2D eigenvalue weighted by Gasteiger charge is -2.36. The molecular formula is C54H54N2. The Bertz CT molecular complexity index is 2310. The SMILES string of the molecule is CCCCCC(CC)(c1ccc(N(c2ccccc2)c2ccccc2)cc1)c1ccc(N(c2ccccc2)c2ccc3c(c2)-c2ccccc2C3(C)CC)cc1. The average Bonchev–Trinajstić information content (AvgIpc) is 3.52. The maximum atomic E-state index is 2.43. The number of nitrogens with zero attached hydrogens (tertiary/aromatic N) is 2. The molecule has 0 N–H and O–H groups in total. The van der Waals surface area contributed by atoms with Crippen molar-refractivity contribution < 1.29 is 0 Å². The lowest BCUT2D eigenvalue weighted by molar-refractivity contribution is 0.431. The monoisotopic (exact) mass is 730 g/mol. The maximum Gasteiger partial charge on any atom is 0.0468 e. The second-order valence-electron chi connectivity index (χ2n) is 15.6. The molecule has 0 spiro atoms. The molecule has 0 saturated heterocycles. The fourth-order valence-electron chi connectivity index (χ4n) is 9.30. The molecule has 0 fully saturated rings. The van der Waals surface area contributed by atoms with Gasteiger partial charge in [0.25, 0.3) is 0 Å². The van der Waals surface area contributed by atoms with E-state index in [1.807, 2.05) is 0 Å². The zero-order valence-corrected chi connectivity index (χ0v) is 33.5. The first kappa shape index (κ1) is 37.1. The first-order valence-electron chi connectivity index (χ1n) is 20.7. The Balaban J connectivity index is 1.18. The van der Waals surface area contributed by atoms with Crippen molar-refractivity contribution in [2.45, 2.75) is 77.0 Å². The molecule has 2 heteroatoms. The van der Waals surface area contributed by atoms with Gasteiger partial charge in [0, 0.05) is 45.0 Å². The number of benzene rings is 7. The van der Waals surface area contributed by atoms with Crippen LogP contribution in [0.2, 0.25) is 0 Å². The van der Waals surface area contributed by atoms with Crippen LogP contribution < -0.4 is 9.80 Å². The molecule has 1 aliphatic rings. The summed E-state index contributed by atoms with van der Waals surface area (Å²) in [6.45, 7) is 9.39. The van der Waals surface area contributed by atoms with E-state index in [2.05, 4.69) is 219 Å². The van der Waals surface area contributed by atoms with Crippen LogP contribution in [-0.4, -0.2) is 0 Å². The molecule has 2 unspecified atom stereocenters. The van der Waals surface area contributed by atoms with Crippen LogP contribution in [0.4, 0.5) is 34.1 Å². The summed E-state index contributed by atoms with van der Waals surface area (Å²) in [4.78, 5) is 4.78. The van der Waals surface area contributed by atoms with Crippen molar-refractivity contribution in [3.05, 3.63) is 204 Å². The zero-order valence-electron chi connectivity index (χ0n) is 33.5. The van der Waals surface area contributed by atoms with Crippen LogP contribution in [-0.2, 0) is 10.8 Å². The molecule has 7 aromatic rings. The summed E-state index contributed by atoms with van der Waals surface area (Å²) in [6, 6.07) is 67.3. The van der Waals surface area contributed by atoms with Gasteiger partial charge in [0.05, 0.1) is 0 Å². The standard InChI is InChI=1S/C54H54N2/c1-5-8-20-39-54(7-3,41-29-33-46(34-30-41)55(43-21-12-9-13-22-43)44-23-14-10-15-24-44)42-31-35-47(36-32-42)56(45-25-16-11-17-26-45)48-37-38-52-50(40-48)49-27-18-19-28-51(49)53(52,4)6-2/h9-19,21-38,40H,5-8,20,39H2,1-4H3. The third-order valence-electron chi connectivity index (χ3n) is 12.6. The van der Waals surface area contributed by atoms with E-state index >= 15 is 0 Å². The summed E-state index contributed by atoms with van der Waals surface area (Å²) in [6.07, 6.45) is 6.83. The van der Waals surface area contributed by atoms with Crippen molar-refractivity contribution >= 4 is 34.1 Å². The van der Waals surface area contributed by atoms with E-state index in [4.69, 9.17) is 0 Å². The molecule has 0 radical (unpaired) electrons. The predicted molar refractivity (Wildman–Crippen MR) is 240 cm³/mol. The smallest absolute Gasteiger partial charge is 0.0468 e. The number of unbranched alkanes of at least 4 members (excludes halogenated alkanes) is 2. The van der Waals surface area contributed by atoms with Gasteiger partial charge >= 0.3 is 0 Å². The van der Waals surface area contributed by atoms with Crippen LogP contribution in [0, 0.1) is 0 Å². The fourth-order valence-corrected chi connectivity index (χ4v) is 9.30. The number of hydrogen-bond acceptors (Lipinski definition) is 2. The highest BCUT2D eigenvalue weighted by molar-refractivity contribution is 5.86. The molecule has 0 heterocycles. The van der Waals surface area contributed by atoms with Gasteiger partial charge in [-0.25, -0.2) is 0 Å². The van der Waals surface area contributed by atoms with Gasteiger partial charge in [0.1, 0.15) is 0 Å². The molecule has 2 nitrogen and oxygen atoms in total. The van der Waals surface area contributed by atoms with Crippen molar-refractivity contribution in [1.29, 1.82) is 0 Å². The van der Waals surface area contributed by atoms with Gasteiger partial charge in [0.2, 0.25) is 0 Å². The van der Waals surface area contributed by atoms with E-state index in [-0.39, 0.29) is 10.8 Å². The highest BCUT2D eigenvalue weighted by Crippen LogP contribution is 2.52. The second-order valence-corrected chi connectivity index (χ2v) is 15.6. The number of para-hydroxylation sites is 3. The number of fused-ring (bicyclic) bond motifs is 3. The van der Waals surface area contributed by atoms with Crippen molar-refractivity contribution in [1.82, 2.24) is 0 Å². The summed E-state index contributed by atoms with van der Waals surface area (Å²) in [5.41, 5.74) is 15.2. The largest absolute Gasteiger partial charge is 0.311 e. The minimum atomic E-state index is -0.101. The molecular weight excluding hydrogens is 677 g/mol. The Labute approximate surface area is 335 Å². The molecule has 0 bridgehead atoms. The van der Waals surface area contributed by atoms with Crippen molar-refractivity contribution in [3.8, 4) is 11.1 Å². The minimum absolute atomic E-state index is 0.0184. The number of hydrogen-bond donors (Lipinski definition) is 0. The van der Waals surface area contributed by atoms with Gasteiger partial charge in [-0.15, -0.1) is 0 Å². The maximum absolute atomic E-state index is 2.43. The Morgan fingerprint density at radius 3 is 1.34 bits per heavy atom. The van der Waals surface area contributed by atoms with Crippen molar-refractivity contribution in [3.63, 3.8) is 0 Å². The third-order valence-corrected chi connectivity index (χ3v) is 12.6. The molecule has 1 aliphatic carbocycles. The van der Waals surface area contributed by atoms with Crippen LogP contribution in [0.25, 0.3) is 11.1 Å². The summed E-state index contributed by atoms with van der Waals surface area (Å²) in [7, 11) is 0. The lowest BCUT2D eigenvalue weighted by atomic mass is 9.69. The zero-order chi connectivity index (χ0) is 38.5. The predicted octanol–water partition coefficient (Wildman–Crippen LogP) is 15.6. The molecule has 56 heavy (non-hydrogen) atoms. The van der Waals surface area contributed by atoms with Crippen LogP contribution in [0.3, 0.4) is 0 Å². The van der Waals surface area contributed by atoms with Crippen LogP contribution in [0.5, 0.6) is 0 Å². The molecule has 2 atom stereocenters. The van der Waals surface area contributed by atoms with Gasteiger partial charge in [-0.3, -0.25) is 0 Å². The van der Waals surface area contributed by atoms with Gasteiger partial charge in [-0.05, 0) is 125 Å². The first-order valence-corrected chi connectivity index (χ1v) is 20.7. The van der Waals surface area contributed by atoms with E-state index in [0.717, 1.165) is 42.0 Å². The van der Waals surface area contributed by atoms with Crippen molar-refractivity contribution in [2.75, 3.05) is 9.80 Å². The summed E-state index contributed by atoms with van der Waals surface area (Å²) in [5, 5.41) is 0. The highest BCUT2D eigenvalue weighted by atomic mass is 15.1. The van der Waals surface area contributed by atoms with E-state index in [1.54, 1.807) is 0 Å². The average molecular weight is 731 g/mol. The number of rotatable bonds is 14. The molecule has 7 aromatic carbocycles. The normalized spacial score (nSPS) is 15.4. The van der Waals surface area contributed by atoms with Crippen LogP contribution in [0.1, 0.15) is 88.5 Å². The van der Waals surface area contributed by atoms with E-state index < -0.39 is 0 Å². The Kier molecular flexibility index (Phi) is 10.7. The van der Waals surface area contributed by atoms with Gasteiger partial charge in [0.15, 0.2) is 0 Å². The molecule has 0 aliphatic heterocycles. The molecule has 0 aromatic heterocycles. The van der Waals surface area contributed by atoms with Gasteiger partial charge in [-0.1, -0.05) is 156 Å². The van der Waals surface area contributed by atoms with E-state index in [9.17, 15) is 0 Å². The van der Waals surface area contributed by atoms with Crippen molar-refractivity contribution in [2.24, 2.45) is 0 Å². The second kappa shape index (κ2) is 16.1. The Morgan fingerprint density at radius 2 is 0.857 bits per heavy atom. The topological polar surface area (TPSA) is 6.48 Å². The quantitative estimate of drug-likeness (QED) is 0.103. The van der Waals surface area contributed by atoms with Gasteiger partial charge in [-0.2, -0.15) is 0 Å². The van der Waals surface area contributed by atoms with E-state index in [0.29, 0.717) is 0 Å². The third kappa shape index (κ3) is 6.72. The number of anilines is 6. The molecule has 280 valence electrons. The van der Waals surface area contributed by atoms with Gasteiger partial charge < -0.3 is 9.80 Å². The Hall–Kier alpha value is -5.86. The lowest BCUT2D eigenvalue weighted by Crippen LogP contribution is -2.27. The van der Waals surface area contributed by atoms with Crippen LogP contribution >= 0.6 is 0 Å². The summed E-state index contributed by atoms with van der Waals surface area (Å²) >= 11 is 0. The van der Waals surface area contributed by atoms with Crippen LogP contribution in [0.15, 0.2) is 182 Å². The molecule has 0 saturated carbocycles. The minimum Gasteiger partial charge on any atom is -0.311 e. The molecule has 8 rings (SSSR count). The Morgan fingerprint density at radius 1 is 0.429 bits per heavy atom.